The lowest BCUT2D eigenvalue weighted by Crippen LogP contribution is -2.52. The van der Waals surface area contributed by atoms with E-state index in [-0.39, 0.29) is 14.6 Å². The Bertz CT molecular complexity index is 1680. The number of carbonyl (C=O) groups excluding carboxylic acids is 2. The van der Waals surface area contributed by atoms with Crippen LogP contribution in [0.5, 0.6) is 0 Å². The molecule has 10 nitrogen and oxygen atoms in total. The van der Waals surface area contributed by atoms with E-state index in [1.54, 1.807) is 60.7 Å². The van der Waals surface area contributed by atoms with Crippen LogP contribution in [-0.4, -0.2) is 51.5 Å². The third kappa shape index (κ3) is 8.42. The maximum absolute atomic E-state index is 14.5. The van der Waals surface area contributed by atoms with E-state index in [9.17, 15) is 36.3 Å². The van der Waals surface area contributed by atoms with Crippen LogP contribution in [0.15, 0.2) is 102 Å². The van der Waals surface area contributed by atoms with Crippen molar-refractivity contribution in [3.05, 3.63) is 118 Å². The van der Waals surface area contributed by atoms with Crippen LogP contribution in [-0.2, 0) is 19.6 Å². The van der Waals surface area contributed by atoms with Gasteiger partial charge >= 0.3 is 12.3 Å². The number of aliphatic hydroxyl groups excluding tert-OH is 1. The number of aliphatic hydroxyl groups is 1. The highest BCUT2D eigenvalue weighted by Gasteiger charge is 2.45. The van der Waals surface area contributed by atoms with E-state index in [1.165, 1.54) is 30.3 Å². The first kappa shape index (κ1) is 34.4. The fraction of sp³-hybridized carbons (Fsp3) is 0.226. The minimum absolute atomic E-state index is 0.0655. The number of amides is 2. The average molecular weight is 677 g/mol. The monoisotopic (exact) mass is 676 g/mol. The van der Waals surface area contributed by atoms with E-state index in [2.05, 4.69) is 10.0 Å². The molecule has 46 heavy (non-hydrogen) atoms. The Hall–Kier alpha value is -4.44. The first-order valence-corrected chi connectivity index (χ1v) is 16.0. The van der Waals surface area contributed by atoms with Gasteiger partial charge in [-0.05, 0) is 47.5 Å². The summed E-state index contributed by atoms with van der Waals surface area (Å²) in [7, 11) is -3.12. The Morgan fingerprint density at radius 1 is 0.870 bits per heavy atom. The normalized spacial score (nSPS) is 13.9. The maximum atomic E-state index is 14.5. The van der Waals surface area contributed by atoms with Crippen molar-refractivity contribution in [3.63, 3.8) is 0 Å². The van der Waals surface area contributed by atoms with Gasteiger partial charge in [-0.1, -0.05) is 60.7 Å². The van der Waals surface area contributed by atoms with Crippen molar-refractivity contribution in [1.29, 1.82) is 0 Å². The number of halogens is 3. The zero-order chi connectivity index (χ0) is 33.5. The van der Waals surface area contributed by atoms with Crippen molar-refractivity contribution >= 4 is 39.0 Å². The quantitative estimate of drug-likeness (QED) is 0.137. The Morgan fingerprint density at radius 2 is 1.41 bits per heavy atom. The summed E-state index contributed by atoms with van der Waals surface area (Å²) in [5.41, 5.74) is 7.03. The lowest BCUT2D eigenvalue weighted by atomic mass is 9.84. The molecule has 0 saturated carbocycles. The number of thiophene rings is 1. The van der Waals surface area contributed by atoms with Gasteiger partial charge in [0.1, 0.15) is 6.04 Å². The lowest BCUT2D eigenvalue weighted by molar-refractivity contribution is -0.163. The topological polar surface area (TPSA) is 160 Å². The molecule has 0 radical (unpaired) electrons. The fourth-order valence-electron chi connectivity index (χ4n) is 4.73. The SMILES string of the molecule is COC(=O)N[C@H](C(=O)N[C@H](c1ccc([C@@H](CO)NS(=O)(=O)c2ccc(N)cc2)s1)C(F)(F)F)C(c1ccccc1)c1ccccc1. The summed E-state index contributed by atoms with van der Waals surface area (Å²) in [6, 6.07) is 19.2. The molecular weight excluding hydrogens is 645 g/mol. The molecule has 0 aliphatic carbocycles. The van der Waals surface area contributed by atoms with Crippen molar-refractivity contribution in [1.82, 2.24) is 15.4 Å². The second kappa shape index (κ2) is 14.8. The number of hydrogen-bond donors (Lipinski definition) is 5. The van der Waals surface area contributed by atoms with Crippen LogP contribution in [0, 0.1) is 0 Å². The van der Waals surface area contributed by atoms with E-state index in [4.69, 9.17) is 10.5 Å². The van der Waals surface area contributed by atoms with Gasteiger partial charge in [0.2, 0.25) is 15.9 Å². The zero-order valence-electron chi connectivity index (χ0n) is 24.3. The third-order valence-corrected chi connectivity index (χ3v) is 9.70. The van der Waals surface area contributed by atoms with Crippen molar-refractivity contribution in [2.24, 2.45) is 0 Å². The molecule has 0 fully saturated rings. The first-order valence-electron chi connectivity index (χ1n) is 13.7. The Morgan fingerprint density at radius 3 is 1.91 bits per heavy atom. The number of nitrogens with two attached hydrogens (primary N) is 1. The molecule has 2 amide bonds. The highest BCUT2D eigenvalue weighted by molar-refractivity contribution is 7.89. The van der Waals surface area contributed by atoms with Crippen molar-refractivity contribution < 1.29 is 41.0 Å². The molecule has 4 aromatic rings. The summed E-state index contributed by atoms with van der Waals surface area (Å²) in [5, 5.41) is 14.4. The lowest BCUT2D eigenvalue weighted by Gasteiger charge is -2.30. The van der Waals surface area contributed by atoms with E-state index in [1.807, 2.05) is 5.32 Å². The summed E-state index contributed by atoms with van der Waals surface area (Å²) >= 11 is 0.558. The minimum Gasteiger partial charge on any atom is -0.453 e. The molecular formula is C31H31F3N4O6S2. The van der Waals surface area contributed by atoms with Crippen LogP contribution in [0.25, 0.3) is 0 Å². The number of alkyl carbamates (subject to hydrolysis) is 1. The van der Waals surface area contributed by atoms with E-state index in [0.29, 0.717) is 28.2 Å². The average Bonchev–Trinajstić information content (AvgIpc) is 3.52. The molecule has 3 atom stereocenters. The van der Waals surface area contributed by atoms with Crippen molar-refractivity contribution in [2.75, 3.05) is 19.5 Å². The van der Waals surface area contributed by atoms with Gasteiger partial charge in [-0.25, -0.2) is 17.9 Å². The second-order valence-corrected chi connectivity index (χ2v) is 12.9. The van der Waals surface area contributed by atoms with Crippen LogP contribution in [0.3, 0.4) is 0 Å². The minimum atomic E-state index is -5.00. The van der Waals surface area contributed by atoms with Crippen LogP contribution in [0.2, 0.25) is 0 Å². The predicted molar refractivity (Wildman–Crippen MR) is 166 cm³/mol. The largest absolute Gasteiger partial charge is 0.453 e. The molecule has 6 N–H and O–H groups in total. The molecule has 4 rings (SSSR count). The Labute approximate surface area is 267 Å². The summed E-state index contributed by atoms with van der Waals surface area (Å²) in [4.78, 5) is 25.7. The third-order valence-electron chi connectivity index (χ3n) is 6.95. The number of rotatable bonds is 12. The van der Waals surface area contributed by atoms with Gasteiger partial charge in [0.05, 0.1) is 24.7 Å². The number of ether oxygens (including phenoxy) is 1. The van der Waals surface area contributed by atoms with Gasteiger partial charge < -0.3 is 26.2 Å². The van der Waals surface area contributed by atoms with Gasteiger partial charge in [0.25, 0.3) is 0 Å². The number of anilines is 1. The summed E-state index contributed by atoms with van der Waals surface area (Å²) < 4.78 is 76.3. The van der Waals surface area contributed by atoms with Gasteiger partial charge in [0, 0.05) is 21.4 Å². The predicted octanol–water partition coefficient (Wildman–Crippen LogP) is 4.62. The van der Waals surface area contributed by atoms with Gasteiger partial charge in [-0.15, -0.1) is 11.3 Å². The maximum Gasteiger partial charge on any atom is 0.413 e. The number of hydrogen-bond acceptors (Lipinski definition) is 8. The summed E-state index contributed by atoms with van der Waals surface area (Å²) in [6.07, 6.45) is -6.03. The highest BCUT2D eigenvalue weighted by atomic mass is 32.2. The van der Waals surface area contributed by atoms with Crippen LogP contribution >= 0.6 is 11.3 Å². The van der Waals surface area contributed by atoms with Crippen LogP contribution in [0.1, 0.15) is 38.9 Å². The molecule has 0 aliphatic heterocycles. The molecule has 1 aromatic heterocycles. The van der Waals surface area contributed by atoms with Gasteiger partial charge in [0.15, 0.2) is 6.04 Å². The van der Waals surface area contributed by atoms with E-state index in [0.717, 1.165) is 13.2 Å². The summed E-state index contributed by atoms with van der Waals surface area (Å²) in [5.74, 6) is -2.06. The molecule has 1 heterocycles. The summed E-state index contributed by atoms with van der Waals surface area (Å²) in [6.45, 7) is -0.766. The van der Waals surface area contributed by atoms with Gasteiger partial charge in [-0.2, -0.15) is 13.2 Å². The molecule has 0 bridgehead atoms. The Balaban J connectivity index is 1.66. The number of benzene rings is 3. The molecule has 15 heteroatoms. The van der Waals surface area contributed by atoms with E-state index < -0.39 is 58.9 Å². The fourth-order valence-corrected chi connectivity index (χ4v) is 7.14. The van der Waals surface area contributed by atoms with Crippen molar-refractivity contribution in [2.45, 2.75) is 35.1 Å². The second-order valence-electron chi connectivity index (χ2n) is 10.1. The number of methoxy groups -OCH3 is 1. The number of alkyl halides is 3. The van der Waals surface area contributed by atoms with Gasteiger partial charge in [-0.3, -0.25) is 4.79 Å². The number of carbonyl (C=O) groups is 2. The molecule has 0 aliphatic rings. The highest BCUT2D eigenvalue weighted by Crippen LogP contribution is 2.39. The number of nitrogen functional groups attached to an aromatic ring is 1. The molecule has 0 unspecified atom stereocenters. The number of nitrogens with one attached hydrogen (secondary N) is 3. The van der Waals surface area contributed by atoms with Crippen LogP contribution in [0.4, 0.5) is 23.7 Å². The smallest absolute Gasteiger partial charge is 0.413 e. The van der Waals surface area contributed by atoms with E-state index >= 15 is 0 Å². The molecule has 0 spiro atoms. The zero-order valence-corrected chi connectivity index (χ0v) is 25.9. The first-order chi connectivity index (χ1) is 21.8. The molecule has 0 saturated heterocycles. The Kier molecular flexibility index (Phi) is 11.1. The number of sulfonamides is 1. The molecule has 244 valence electrons. The van der Waals surface area contributed by atoms with Crippen LogP contribution < -0.4 is 21.1 Å². The standard InChI is InChI=1S/C31H31F3N4O6S2/c1-44-30(41)36-27(26(19-8-4-2-5-9-19)20-10-6-3-7-11-20)29(40)37-28(31(32,33)34)25-17-16-24(45-25)23(18-39)38-46(42,43)22-14-12-21(35)13-15-22/h2-17,23,26-28,38-39H,18,35H2,1H3,(H,36,41)(H,37,40)/t23-,27+,28-/m1/s1. The molecule has 3 aromatic carbocycles. The van der Waals surface area contributed by atoms with Crippen molar-refractivity contribution in [3.8, 4) is 0 Å².